The average Bonchev–Trinajstić information content (AvgIpc) is 2.62. The molecule has 1 N–H and O–H groups in total. The van der Waals surface area contributed by atoms with Crippen molar-refractivity contribution in [2.45, 2.75) is 26.3 Å². The summed E-state index contributed by atoms with van der Waals surface area (Å²) in [6.45, 7) is 6.09. The number of hydrogen-bond acceptors (Lipinski definition) is 4. The molecule has 2 rings (SSSR count). The molecule has 0 saturated carbocycles. The van der Waals surface area contributed by atoms with Crippen LogP contribution < -0.4 is 10.2 Å². The molecule has 0 radical (unpaired) electrons. The van der Waals surface area contributed by atoms with Crippen LogP contribution in [0.1, 0.15) is 25.3 Å². The molecule has 1 fully saturated rings. The molecule has 0 unspecified atom stereocenters. The predicted molar refractivity (Wildman–Crippen MR) is 80.7 cm³/mol. The summed E-state index contributed by atoms with van der Waals surface area (Å²) in [5.74, 6) is 1.11. The SMILES string of the molecule is CCCNCc1cccnc1N1CCCN(C)C(=O)C1. The monoisotopic (exact) mass is 276 g/mol. The van der Waals surface area contributed by atoms with Gasteiger partial charge in [0.15, 0.2) is 0 Å². The lowest BCUT2D eigenvalue weighted by Gasteiger charge is -2.23. The van der Waals surface area contributed by atoms with Crippen LogP contribution in [-0.4, -0.2) is 49.0 Å². The molecule has 0 spiro atoms. The number of hydrogen-bond donors (Lipinski definition) is 1. The number of aromatic nitrogens is 1. The van der Waals surface area contributed by atoms with Gasteiger partial charge in [-0.15, -0.1) is 0 Å². The summed E-state index contributed by atoms with van der Waals surface area (Å²) in [6, 6.07) is 4.04. The highest BCUT2D eigenvalue weighted by Crippen LogP contribution is 2.19. The minimum Gasteiger partial charge on any atom is -0.347 e. The largest absolute Gasteiger partial charge is 0.347 e. The number of carbonyl (C=O) groups is 1. The number of nitrogens with zero attached hydrogens (tertiary/aromatic N) is 3. The van der Waals surface area contributed by atoms with Gasteiger partial charge in [-0.1, -0.05) is 13.0 Å². The summed E-state index contributed by atoms with van der Waals surface area (Å²) in [5, 5.41) is 3.40. The Bertz CT molecular complexity index is 449. The van der Waals surface area contributed by atoms with Crippen LogP contribution in [0.5, 0.6) is 0 Å². The second kappa shape index (κ2) is 7.24. The van der Waals surface area contributed by atoms with Gasteiger partial charge in [0.25, 0.3) is 0 Å². The molecule has 5 heteroatoms. The first-order valence-corrected chi connectivity index (χ1v) is 7.36. The fourth-order valence-electron chi connectivity index (χ4n) is 2.42. The second-order valence-electron chi connectivity index (χ2n) is 5.25. The highest BCUT2D eigenvalue weighted by atomic mass is 16.2. The maximum absolute atomic E-state index is 12.0. The highest BCUT2D eigenvalue weighted by Gasteiger charge is 2.21. The third-order valence-electron chi connectivity index (χ3n) is 3.58. The van der Waals surface area contributed by atoms with Gasteiger partial charge in [-0.25, -0.2) is 4.98 Å². The van der Waals surface area contributed by atoms with Crippen LogP contribution in [0.3, 0.4) is 0 Å². The van der Waals surface area contributed by atoms with Crippen molar-refractivity contribution in [2.24, 2.45) is 0 Å². The molecule has 5 nitrogen and oxygen atoms in total. The predicted octanol–water partition coefficient (Wildman–Crippen LogP) is 1.25. The summed E-state index contributed by atoms with van der Waals surface area (Å²) in [4.78, 5) is 20.4. The first-order valence-electron chi connectivity index (χ1n) is 7.36. The molecule has 0 aliphatic carbocycles. The quantitative estimate of drug-likeness (QED) is 0.822. The zero-order chi connectivity index (χ0) is 14.4. The Balaban J connectivity index is 2.12. The molecule has 1 amide bonds. The Morgan fingerprint density at radius 2 is 2.25 bits per heavy atom. The van der Waals surface area contributed by atoms with Gasteiger partial charge in [0, 0.05) is 38.4 Å². The van der Waals surface area contributed by atoms with Gasteiger partial charge in [0.05, 0.1) is 6.54 Å². The summed E-state index contributed by atoms with van der Waals surface area (Å²) < 4.78 is 0. The summed E-state index contributed by atoms with van der Waals surface area (Å²) in [5.41, 5.74) is 1.17. The van der Waals surface area contributed by atoms with Gasteiger partial charge in [0.2, 0.25) is 5.91 Å². The summed E-state index contributed by atoms with van der Waals surface area (Å²) in [6.07, 6.45) is 3.90. The van der Waals surface area contributed by atoms with Crippen molar-refractivity contribution in [1.82, 2.24) is 15.2 Å². The molecule has 1 aliphatic rings. The van der Waals surface area contributed by atoms with Crippen molar-refractivity contribution in [3.8, 4) is 0 Å². The number of rotatable bonds is 5. The molecular weight excluding hydrogens is 252 g/mol. The zero-order valence-corrected chi connectivity index (χ0v) is 12.4. The van der Waals surface area contributed by atoms with Crippen LogP contribution >= 0.6 is 0 Å². The van der Waals surface area contributed by atoms with Crippen molar-refractivity contribution >= 4 is 11.7 Å². The first kappa shape index (κ1) is 14.8. The van der Waals surface area contributed by atoms with Gasteiger partial charge < -0.3 is 15.1 Å². The Labute approximate surface area is 121 Å². The van der Waals surface area contributed by atoms with Crippen LogP contribution in [0, 0.1) is 0 Å². The van der Waals surface area contributed by atoms with E-state index in [-0.39, 0.29) is 5.91 Å². The molecule has 20 heavy (non-hydrogen) atoms. The maximum atomic E-state index is 12.0. The lowest BCUT2D eigenvalue weighted by atomic mass is 10.2. The average molecular weight is 276 g/mol. The van der Waals surface area contributed by atoms with Gasteiger partial charge in [-0.05, 0) is 25.5 Å². The lowest BCUT2D eigenvalue weighted by Crippen LogP contribution is -2.35. The van der Waals surface area contributed by atoms with E-state index < -0.39 is 0 Å². The fraction of sp³-hybridized carbons (Fsp3) is 0.600. The standard InChI is InChI=1S/C15H24N4O/c1-3-7-16-11-13-6-4-8-17-15(13)19-10-5-9-18(2)14(20)12-19/h4,6,8,16H,3,5,7,9-12H2,1-2H3. The normalized spacial score (nSPS) is 16.4. The topological polar surface area (TPSA) is 48.5 Å². The Kier molecular flexibility index (Phi) is 5.35. The van der Waals surface area contributed by atoms with E-state index in [2.05, 4.69) is 28.2 Å². The van der Waals surface area contributed by atoms with Crippen molar-refractivity contribution in [3.05, 3.63) is 23.9 Å². The molecule has 1 aliphatic heterocycles. The van der Waals surface area contributed by atoms with E-state index in [9.17, 15) is 4.79 Å². The second-order valence-corrected chi connectivity index (χ2v) is 5.25. The van der Waals surface area contributed by atoms with Crippen LogP contribution in [0.25, 0.3) is 0 Å². The molecule has 0 bridgehead atoms. The number of amides is 1. The molecule has 2 heterocycles. The third kappa shape index (κ3) is 3.70. The molecule has 1 aromatic heterocycles. The van der Waals surface area contributed by atoms with Crippen molar-refractivity contribution in [3.63, 3.8) is 0 Å². The molecule has 0 atom stereocenters. The third-order valence-corrected chi connectivity index (χ3v) is 3.58. The Morgan fingerprint density at radius 3 is 3.05 bits per heavy atom. The van der Waals surface area contributed by atoms with E-state index in [0.29, 0.717) is 6.54 Å². The van der Waals surface area contributed by atoms with E-state index in [1.807, 2.05) is 13.1 Å². The van der Waals surface area contributed by atoms with E-state index in [4.69, 9.17) is 0 Å². The van der Waals surface area contributed by atoms with Crippen molar-refractivity contribution < 1.29 is 4.79 Å². The fourth-order valence-corrected chi connectivity index (χ4v) is 2.42. The molecule has 1 aromatic rings. The van der Waals surface area contributed by atoms with Crippen LogP contribution in [0.2, 0.25) is 0 Å². The zero-order valence-electron chi connectivity index (χ0n) is 12.4. The molecule has 110 valence electrons. The molecule has 0 aromatic carbocycles. The van der Waals surface area contributed by atoms with Crippen LogP contribution in [0.15, 0.2) is 18.3 Å². The highest BCUT2D eigenvalue weighted by molar-refractivity contribution is 5.81. The van der Waals surface area contributed by atoms with Crippen molar-refractivity contribution in [1.29, 1.82) is 0 Å². The van der Waals surface area contributed by atoms with Gasteiger partial charge in [0.1, 0.15) is 5.82 Å². The van der Waals surface area contributed by atoms with Gasteiger partial charge in [-0.2, -0.15) is 0 Å². The van der Waals surface area contributed by atoms with Crippen LogP contribution in [-0.2, 0) is 11.3 Å². The number of anilines is 1. The molecular formula is C15H24N4O. The van der Waals surface area contributed by atoms with Crippen LogP contribution in [0.4, 0.5) is 5.82 Å². The Hall–Kier alpha value is -1.62. The molecule has 1 saturated heterocycles. The smallest absolute Gasteiger partial charge is 0.241 e. The number of nitrogens with one attached hydrogen (secondary N) is 1. The minimum atomic E-state index is 0.167. The van der Waals surface area contributed by atoms with E-state index in [0.717, 1.165) is 44.8 Å². The Morgan fingerprint density at radius 1 is 1.40 bits per heavy atom. The minimum absolute atomic E-state index is 0.167. The lowest BCUT2D eigenvalue weighted by molar-refractivity contribution is -0.127. The summed E-state index contributed by atoms with van der Waals surface area (Å²) in [7, 11) is 1.87. The number of pyridine rings is 1. The van der Waals surface area contributed by atoms with E-state index in [1.54, 1.807) is 11.1 Å². The van der Waals surface area contributed by atoms with Gasteiger partial charge in [-0.3, -0.25) is 4.79 Å². The maximum Gasteiger partial charge on any atom is 0.241 e. The number of carbonyl (C=O) groups excluding carboxylic acids is 1. The van der Waals surface area contributed by atoms with Crippen molar-refractivity contribution in [2.75, 3.05) is 38.1 Å². The number of likely N-dealkylation sites (N-methyl/N-ethyl adjacent to an activating group) is 1. The van der Waals surface area contributed by atoms with Gasteiger partial charge >= 0.3 is 0 Å². The summed E-state index contributed by atoms with van der Waals surface area (Å²) >= 11 is 0. The van der Waals surface area contributed by atoms with E-state index >= 15 is 0 Å². The first-order chi connectivity index (χ1) is 9.72. The van der Waals surface area contributed by atoms with E-state index in [1.165, 1.54) is 5.56 Å².